The molecule has 6 nitrogen and oxygen atoms in total. The molecule has 1 amide bonds. The van der Waals surface area contributed by atoms with Crippen molar-refractivity contribution in [2.75, 3.05) is 12.4 Å². The van der Waals surface area contributed by atoms with E-state index in [0.717, 1.165) is 17.7 Å². The molecule has 7 heteroatoms. The number of methoxy groups -OCH3 is 1. The standard InChI is InChI=1S/C17H19N3O3S/c1-3-4-13-18-16-15(17(22)20(13)24)12(9-14(21)19-16)10-5-7-11(23-2)8-6-10/h5-8,12,24H,3-4,9H2,1-2H3,(H,19,21). The second kappa shape index (κ2) is 6.68. The first kappa shape index (κ1) is 16.6. The summed E-state index contributed by atoms with van der Waals surface area (Å²) in [4.78, 5) is 29.3. The Morgan fingerprint density at radius 3 is 2.67 bits per heavy atom. The zero-order valence-corrected chi connectivity index (χ0v) is 14.5. The van der Waals surface area contributed by atoms with Crippen molar-refractivity contribution >= 4 is 24.5 Å². The first-order valence-corrected chi connectivity index (χ1v) is 8.24. The Balaban J connectivity index is 2.13. The molecule has 1 aliphatic rings. The molecule has 0 bridgehead atoms. The van der Waals surface area contributed by atoms with Crippen LogP contribution in [0.1, 0.15) is 42.6 Å². The second-order valence-electron chi connectivity index (χ2n) is 5.74. The van der Waals surface area contributed by atoms with Gasteiger partial charge in [0.05, 0.1) is 12.7 Å². The Bertz CT molecular complexity index is 830. The van der Waals surface area contributed by atoms with Crippen molar-refractivity contribution in [2.24, 2.45) is 0 Å². The largest absolute Gasteiger partial charge is 0.497 e. The third-order valence-electron chi connectivity index (χ3n) is 4.15. The second-order valence-corrected chi connectivity index (χ2v) is 6.14. The number of nitrogens with zero attached hydrogens (tertiary/aromatic N) is 2. The fourth-order valence-electron chi connectivity index (χ4n) is 2.96. The predicted octanol–water partition coefficient (Wildman–Crippen LogP) is 2.37. The molecule has 0 aliphatic carbocycles. The number of hydrogen-bond acceptors (Lipinski definition) is 5. The van der Waals surface area contributed by atoms with Gasteiger partial charge in [0.25, 0.3) is 5.56 Å². The number of amides is 1. The molecule has 1 atom stereocenters. The number of hydrogen-bond donors (Lipinski definition) is 2. The van der Waals surface area contributed by atoms with Crippen molar-refractivity contribution in [3.8, 4) is 5.75 Å². The summed E-state index contributed by atoms with van der Waals surface area (Å²) in [7, 11) is 1.59. The molecular weight excluding hydrogens is 326 g/mol. The van der Waals surface area contributed by atoms with Gasteiger partial charge in [-0.05, 0) is 24.1 Å². The van der Waals surface area contributed by atoms with Gasteiger partial charge in [0.15, 0.2) is 0 Å². The summed E-state index contributed by atoms with van der Waals surface area (Å²) < 4.78 is 6.45. The van der Waals surface area contributed by atoms with Crippen LogP contribution in [0.2, 0.25) is 0 Å². The molecule has 24 heavy (non-hydrogen) atoms. The Morgan fingerprint density at radius 1 is 1.33 bits per heavy atom. The number of thiol groups is 1. The van der Waals surface area contributed by atoms with E-state index in [4.69, 9.17) is 4.74 Å². The van der Waals surface area contributed by atoms with Gasteiger partial charge in [0.2, 0.25) is 5.91 Å². The van der Waals surface area contributed by atoms with Crippen LogP contribution >= 0.6 is 12.8 Å². The van der Waals surface area contributed by atoms with E-state index in [2.05, 4.69) is 23.1 Å². The quantitative estimate of drug-likeness (QED) is 0.835. The maximum atomic E-state index is 12.8. The molecule has 3 rings (SSSR count). The normalized spacial score (nSPS) is 16.5. The summed E-state index contributed by atoms with van der Waals surface area (Å²) in [5, 5.41) is 2.73. The molecule has 0 spiro atoms. The number of carbonyl (C=O) groups is 1. The SMILES string of the molecule is CCCc1nc2c(c(=O)n1S)C(c1ccc(OC)cc1)CC(=O)N2. The van der Waals surface area contributed by atoms with Crippen LogP contribution in [-0.4, -0.2) is 22.0 Å². The predicted molar refractivity (Wildman–Crippen MR) is 95.0 cm³/mol. The molecule has 1 unspecified atom stereocenters. The van der Waals surface area contributed by atoms with Gasteiger partial charge in [-0.1, -0.05) is 31.9 Å². The van der Waals surface area contributed by atoms with Crippen LogP contribution in [0.25, 0.3) is 0 Å². The highest BCUT2D eigenvalue weighted by Crippen LogP contribution is 2.34. The van der Waals surface area contributed by atoms with Crippen LogP contribution in [0, 0.1) is 0 Å². The zero-order valence-electron chi connectivity index (χ0n) is 13.6. The molecule has 1 aromatic heterocycles. The number of rotatable bonds is 4. The van der Waals surface area contributed by atoms with E-state index in [-0.39, 0.29) is 23.8 Å². The number of fused-ring (bicyclic) bond motifs is 1. The van der Waals surface area contributed by atoms with Crippen LogP contribution in [0.3, 0.4) is 0 Å². The molecule has 2 heterocycles. The van der Waals surface area contributed by atoms with Crippen LogP contribution in [0.15, 0.2) is 29.1 Å². The van der Waals surface area contributed by atoms with Gasteiger partial charge >= 0.3 is 0 Å². The van der Waals surface area contributed by atoms with E-state index in [9.17, 15) is 9.59 Å². The van der Waals surface area contributed by atoms with Gasteiger partial charge < -0.3 is 10.1 Å². The van der Waals surface area contributed by atoms with E-state index >= 15 is 0 Å². The first-order chi connectivity index (χ1) is 11.5. The lowest BCUT2D eigenvalue weighted by molar-refractivity contribution is -0.116. The van der Waals surface area contributed by atoms with Crippen LogP contribution in [0.4, 0.5) is 5.82 Å². The van der Waals surface area contributed by atoms with Crippen LogP contribution in [0.5, 0.6) is 5.75 Å². The number of aryl methyl sites for hydroxylation is 1. The highest BCUT2D eigenvalue weighted by molar-refractivity contribution is 7.78. The maximum Gasteiger partial charge on any atom is 0.269 e. The summed E-state index contributed by atoms with van der Waals surface area (Å²) in [6, 6.07) is 7.38. The lowest BCUT2D eigenvalue weighted by Crippen LogP contribution is -2.34. The van der Waals surface area contributed by atoms with Crippen LogP contribution in [-0.2, 0) is 11.2 Å². The molecule has 0 fully saturated rings. The lowest BCUT2D eigenvalue weighted by atomic mass is 9.87. The van der Waals surface area contributed by atoms with Gasteiger partial charge in [-0.2, -0.15) is 0 Å². The lowest BCUT2D eigenvalue weighted by Gasteiger charge is -2.25. The van der Waals surface area contributed by atoms with Gasteiger partial charge in [0.1, 0.15) is 17.4 Å². The third-order valence-corrected chi connectivity index (χ3v) is 4.56. The highest BCUT2D eigenvalue weighted by atomic mass is 32.1. The third kappa shape index (κ3) is 2.91. The minimum atomic E-state index is -0.339. The minimum Gasteiger partial charge on any atom is -0.497 e. The average Bonchev–Trinajstić information content (AvgIpc) is 2.59. The van der Waals surface area contributed by atoms with Crippen molar-refractivity contribution in [1.82, 2.24) is 8.96 Å². The summed E-state index contributed by atoms with van der Waals surface area (Å²) in [5.41, 5.74) is 1.13. The number of nitrogens with one attached hydrogen (secondary N) is 1. The van der Waals surface area contributed by atoms with Gasteiger partial charge in [-0.15, -0.1) is 0 Å². The molecule has 1 aliphatic heterocycles. The van der Waals surface area contributed by atoms with Crippen molar-refractivity contribution in [1.29, 1.82) is 0 Å². The Labute approximate surface area is 145 Å². The number of aromatic nitrogens is 2. The molecule has 1 N–H and O–H groups in total. The van der Waals surface area contributed by atoms with Crippen molar-refractivity contribution in [3.05, 3.63) is 51.6 Å². The fourth-order valence-corrected chi connectivity index (χ4v) is 3.21. The molecule has 0 saturated carbocycles. The number of carbonyl (C=O) groups excluding carboxylic acids is 1. The van der Waals surface area contributed by atoms with Crippen molar-refractivity contribution in [3.63, 3.8) is 0 Å². The summed E-state index contributed by atoms with van der Waals surface area (Å²) in [6.07, 6.45) is 1.66. The number of benzene rings is 1. The minimum absolute atomic E-state index is 0.144. The monoisotopic (exact) mass is 345 g/mol. The Morgan fingerprint density at radius 2 is 2.04 bits per heavy atom. The van der Waals surface area contributed by atoms with E-state index in [1.165, 1.54) is 3.97 Å². The topological polar surface area (TPSA) is 73.2 Å². The van der Waals surface area contributed by atoms with Gasteiger partial charge in [0, 0.05) is 18.8 Å². The summed E-state index contributed by atoms with van der Waals surface area (Å²) in [5.74, 6) is 1.15. The Kier molecular flexibility index (Phi) is 4.62. The van der Waals surface area contributed by atoms with Gasteiger partial charge in [-0.3, -0.25) is 9.59 Å². The van der Waals surface area contributed by atoms with Crippen molar-refractivity contribution < 1.29 is 9.53 Å². The summed E-state index contributed by atoms with van der Waals surface area (Å²) in [6.45, 7) is 2.00. The molecule has 126 valence electrons. The maximum absolute atomic E-state index is 12.8. The van der Waals surface area contributed by atoms with E-state index in [0.29, 0.717) is 23.6 Å². The molecule has 0 saturated heterocycles. The number of ether oxygens (including phenoxy) is 1. The van der Waals surface area contributed by atoms with E-state index < -0.39 is 0 Å². The summed E-state index contributed by atoms with van der Waals surface area (Å²) >= 11 is 4.30. The molecular formula is C17H19N3O3S. The Hall–Kier alpha value is -2.28. The fraction of sp³-hybridized carbons (Fsp3) is 0.353. The number of anilines is 1. The first-order valence-electron chi connectivity index (χ1n) is 7.84. The smallest absolute Gasteiger partial charge is 0.269 e. The molecule has 0 radical (unpaired) electrons. The van der Waals surface area contributed by atoms with E-state index in [1.807, 2.05) is 31.2 Å². The highest BCUT2D eigenvalue weighted by Gasteiger charge is 2.31. The zero-order chi connectivity index (χ0) is 17.3. The van der Waals surface area contributed by atoms with Gasteiger partial charge in [-0.25, -0.2) is 8.96 Å². The van der Waals surface area contributed by atoms with Crippen molar-refractivity contribution in [2.45, 2.75) is 32.1 Å². The van der Waals surface area contributed by atoms with E-state index in [1.54, 1.807) is 7.11 Å². The van der Waals surface area contributed by atoms with Crippen LogP contribution < -0.4 is 15.6 Å². The average molecular weight is 345 g/mol. The molecule has 1 aromatic carbocycles. The molecule has 2 aromatic rings.